The molecule has 0 radical (unpaired) electrons. The maximum atomic E-state index is 5.79. The van der Waals surface area contributed by atoms with E-state index in [1.165, 1.54) is 0 Å². The number of fused-ring (bicyclic) bond motifs is 4. The van der Waals surface area contributed by atoms with Gasteiger partial charge >= 0.3 is 0 Å². The molecule has 2 N–H and O–H groups in total. The molecular weight excluding hydrogens is 404 g/mol. The van der Waals surface area contributed by atoms with Crippen LogP contribution in [-0.4, -0.2) is 37.2 Å². The van der Waals surface area contributed by atoms with Crippen LogP contribution in [-0.2, 0) is 0 Å². The van der Waals surface area contributed by atoms with E-state index in [0.717, 1.165) is 78.3 Å². The fraction of sp³-hybridized carbons (Fsp3) is 0.167. The lowest BCUT2D eigenvalue weighted by Gasteiger charge is -2.09. The monoisotopic (exact) mass is 424 g/mol. The number of ether oxygens (including phenoxy) is 1. The molecule has 1 aromatic carbocycles. The highest BCUT2D eigenvalue weighted by molar-refractivity contribution is 6.15. The van der Waals surface area contributed by atoms with Crippen LogP contribution in [0.4, 0.5) is 0 Å². The Morgan fingerprint density at radius 3 is 2.62 bits per heavy atom. The van der Waals surface area contributed by atoms with E-state index >= 15 is 0 Å². The van der Waals surface area contributed by atoms with E-state index in [4.69, 9.17) is 9.26 Å². The van der Waals surface area contributed by atoms with Crippen molar-refractivity contribution >= 4 is 33.0 Å². The molecule has 8 heteroatoms. The molecule has 6 aromatic rings. The highest BCUT2D eigenvalue weighted by Crippen LogP contribution is 2.42. The summed E-state index contributed by atoms with van der Waals surface area (Å²) in [4.78, 5) is 20.7. The van der Waals surface area contributed by atoms with Gasteiger partial charge in [-0.1, -0.05) is 5.16 Å². The van der Waals surface area contributed by atoms with Crippen LogP contribution in [0.2, 0.25) is 0 Å². The van der Waals surface area contributed by atoms with Gasteiger partial charge in [-0.15, -0.1) is 0 Å². The molecule has 0 bridgehead atoms. The van der Waals surface area contributed by atoms with Crippen LogP contribution >= 0.6 is 0 Å². The van der Waals surface area contributed by atoms with Crippen LogP contribution < -0.4 is 4.74 Å². The summed E-state index contributed by atoms with van der Waals surface area (Å²) in [6, 6.07) is 8.03. The first-order chi connectivity index (χ1) is 15.6. The number of rotatable bonds is 3. The second kappa shape index (κ2) is 6.65. The van der Waals surface area contributed by atoms with Gasteiger partial charge in [0.2, 0.25) is 0 Å². The number of aryl methyl sites for hydroxylation is 3. The van der Waals surface area contributed by atoms with Crippen molar-refractivity contribution in [3.63, 3.8) is 0 Å². The lowest BCUT2D eigenvalue weighted by Crippen LogP contribution is -1.91. The van der Waals surface area contributed by atoms with Crippen LogP contribution in [0.5, 0.6) is 5.75 Å². The average Bonchev–Trinajstić information content (AvgIpc) is 3.44. The van der Waals surface area contributed by atoms with E-state index < -0.39 is 0 Å². The summed E-state index contributed by atoms with van der Waals surface area (Å²) in [6.45, 7) is 5.87. The predicted octanol–water partition coefficient (Wildman–Crippen LogP) is 5.24. The summed E-state index contributed by atoms with van der Waals surface area (Å²) in [5.41, 5.74) is 9.04. The fourth-order valence-electron chi connectivity index (χ4n) is 4.61. The number of aromatic amines is 2. The molecule has 0 saturated carbocycles. The third kappa shape index (κ3) is 2.49. The van der Waals surface area contributed by atoms with Crippen molar-refractivity contribution in [1.82, 2.24) is 30.1 Å². The molecule has 5 heterocycles. The summed E-state index contributed by atoms with van der Waals surface area (Å²) < 4.78 is 11.2. The molecule has 32 heavy (non-hydrogen) atoms. The van der Waals surface area contributed by atoms with E-state index in [1.54, 1.807) is 19.6 Å². The lowest BCUT2D eigenvalue weighted by molar-refractivity contribution is 0.393. The van der Waals surface area contributed by atoms with Gasteiger partial charge in [-0.05, 0) is 45.0 Å². The minimum Gasteiger partial charge on any atom is -0.496 e. The number of hydrogen-bond donors (Lipinski definition) is 2. The van der Waals surface area contributed by atoms with Crippen molar-refractivity contribution in [1.29, 1.82) is 0 Å². The van der Waals surface area contributed by atoms with Crippen molar-refractivity contribution in [3.8, 4) is 28.1 Å². The Labute approximate surface area is 182 Å². The summed E-state index contributed by atoms with van der Waals surface area (Å²) in [6.07, 6.45) is 3.38. The molecule has 0 aliphatic carbocycles. The minimum absolute atomic E-state index is 0.733. The number of aromatic nitrogens is 6. The van der Waals surface area contributed by atoms with Crippen LogP contribution in [0.15, 0.2) is 41.3 Å². The van der Waals surface area contributed by atoms with Gasteiger partial charge in [0.1, 0.15) is 23.5 Å². The lowest BCUT2D eigenvalue weighted by atomic mass is 9.99. The first kappa shape index (κ1) is 18.6. The summed E-state index contributed by atoms with van der Waals surface area (Å²) in [5.74, 6) is 1.48. The normalized spacial score (nSPS) is 11.8. The minimum atomic E-state index is 0.733. The van der Waals surface area contributed by atoms with Gasteiger partial charge in [0, 0.05) is 33.9 Å². The van der Waals surface area contributed by atoms with Gasteiger partial charge in [0.25, 0.3) is 0 Å². The third-order valence-electron chi connectivity index (χ3n) is 5.99. The van der Waals surface area contributed by atoms with E-state index in [0.29, 0.717) is 0 Å². The van der Waals surface area contributed by atoms with Gasteiger partial charge in [0.15, 0.2) is 0 Å². The Morgan fingerprint density at radius 2 is 1.84 bits per heavy atom. The van der Waals surface area contributed by atoms with Crippen LogP contribution in [0.3, 0.4) is 0 Å². The smallest absolute Gasteiger partial charge is 0.142 e. The van der Waals surface area contributed by atoms with Gasteiger partial charge in [-0.3, -0.25) is 4.98 Å². The number of nitrogens with zero attached hydrogens (tertiary/aromatic N) is 4. The maximum absolute atomic E-state index is 5.79. The molecular formula is C24H20N6O2. The number of nitrogens with one attached hydrogen (secondary N) is 2. The molecule has 0 atom stereocenters. The molecule has 0 saturated heterocycles. The highest BCUT2D eigenvalue weighted by Gasteiger charge is 2.22. The molecule has 0 amide bonds. The first-order valence-electron chi connectivity index (χ1n) is 10.3. The Kier molecular flexibility index (Phi) is 3.86. The predicted molar refractivity (Wildman–Crippen MR) is 123 cm³/mol. The summed E-state index contributed by atoms with van der Waals surface area (Å²) in [7, 11) is 1.67. The van der Waals surface area contributed by atoms with E-state index in [9.17, 15) is 0 Å². The quantitative estimate of drug-likeness (QED) is 0.402. The summed E-state index contributed by atoms with van der Waals surface area (Å²) >= 11 is 0. The van der Waals surface area contributed by atoms with Crippen molar-refractivity contribution in [2.24, 2.45) is 0 Å². The van der Waals surface area contributed by atoms with Crippen molar-refractivity contribution in [2.75, 3.05) is 7.11 Å². The zero-order chi connectivity index (χ0) is 22.0. The van der Waals surface area contributed by atoms with Crippen molar-refractivity contribution in [3.05, 3.63) is 53.9 Å². The Bertz CT molecular complexity index is 1640. The SMILES string of the molecule is COc1cc2c(cc1-c1c(C)noc1C)[nH]c1ncnc(-c3c(C)[nH]c4cccnc34)c12. The van der Waals surface area contributed by atoms with Crippen LogP contribution in [0.25, 0.3) is 55.4 Å². The topological polar surface area (TPSA) is 106 Å². The molecule has 5 aromatic heterocycles. The van der Waals surface area contributed by atoms with Gasteiger partial charge in [-0.2, -0.15) is 0 Å². The van der Waals surface area contributed by atoms with E-state index in [-0.39, 0.29) is 0 Å². The zero-order valence-corrected chi connectivity index (χ0v) is 18.1. The molecule has 0 spiro atoms. The second-order valence-electron chi connectivity index (χ2n) is 7.89. The molecule has 6 rings (SSSR count). The number of H-pyrrole nitrogens is 2. The van der Waals surface area contributed by atoms with Crippen LogP contribution in [0.1, 0.15) is 17.1 Å². The fourth-order valence-corrected chi connectivity index (χ4v) is 4.61. The highest BCUT2D eigenvalue weighted by atomic mass is 16.5. The largest absolute Gasteiger partial charge is 0.496 e. The Hall–Kier alpha value is -4.20. The number of methoxy groups -OCH3 is 1. The second-order valence-corrected chi connectivity index (χ2v) is 7.89. The maximum Gasteiger partial charge on any atom is 0.142 e. The molecule has 158 valence electrons. The Morgan fingerprint density at radius 1 is 0.969 bits per heavy atom. The van der Waals surface area contributed by atoms with Gasteiger partial charge < -0.3 is 19.2 Å². The number of pyridine rings is 1. The molecule has 0 aliphatic rings. The van der Waals surface area contributed by atoms with Crippen molar-refractivity contribution < 1.29 is 9.26 Å². The van der Waals surface area contributed by atoms with Crippen LogP contribution in [0, 0.1) is 20.8 Å². The first-order valence-corrected chi connectivity index (χ1v) is 10.3. The number of benzene rings is 1. The van der Waals surface area contributed by atoms with Crippen molar-refractivity contribution in [2.45, 2.75) is 20.8 Å². The van der Waals surface area contributed by atoms with Gasteiger partial charge in [-0.25, -0.2) is 9.97 Å². The third-order valence-corrected chi connectivity index (χ3v) is 5.99. The molecule has 0 unspecified atom stereocenters. The van der Waals surface area contributed by atoms with E-state index in [2.05, 4.69) is 36.1 Å². The van der Waals surface area contributed by atoms with Gasteiger partial charge in [0.05, 0.1) is 40.5 Å². The Balaban J connectivity index is 1.70. The zero-order valence-electron chi connectivity index (χ0n) is 18.1. The molecule has 8 nitrogen and oxygen atoms in total. The molecule has 0 fully saturated rings. The standard InChI is InChI=1S/C24H20N6O2/c1-11-20(22-16(28-11)6-5-7-25-22)23-21-14-9-18(31-4)15(19-12(2)30-32-13(19)3)8-17(14)29-24(21)27-10-26-23/h5-10,28H,1-4H3,(H,26,27,29). The molecule has 0 aliphatic heterocycles. The average molecular weight is 424 g/mol. The van der Waals surface area contributed by atoms with E-state index in [1.807, 2.05) is 39.0 Å². The summed E-state index contributed by atoms with van der Waals surface area (Å²) in [5, 5.41) is 6.01. The number of hydrogen-bond acceptors (Lipinski definition) is 6.